The van der Waals surface area contributed by atoms with Crippen molar-refractivity contribution in [1.82, 2.24) is 14.7 Å². The van der Waals surface area contributed by atoms with Crippen LogP contribution in [0.2, 0.25) is 0 Å². The molecule has 18 heavy (non-hydrogen) atoms. The van der Waals surface area contributed by atoms with E-state index in [0.717, 1.165) is 19.6 Å². The molecule has 0 aliphatic carbocycles. The Labute approximate surface area is 108 Å². The second-order valence-electron chi connectivity index (χ2n) is 5.44. The van der Waals surface area contributed by atoms with Crippen molar-refractivity contribution in [2.75, 3.05) is 18.8 Å². The summed E-state index contributed by atoms with van der Waals surface area (Å²) in [7, 11) is 0. The van der Waals surface area contributed by atoms with Gasteiger partial charge < -0.3 is 10.6 Å². The first-order valence-electron chi connectivity index (χ1n) is 6.63. The lowest BCUT2D eigenvalue weighted by Gasteiger charge is -2.34. The number of hydrogen-bond donors (Lipinski definition) is 1. The molecule has 0 saturated carbocycles. The number of nitrogens with two attached hydrogens (primary N) is 1. The molecule has 1 saturated heterocycles. The molecule has 2 unspecified atom stereocenters. The van der Waals surface area contributed by atoms with Crippen LogP contribution in [0, 0.1) is 11.8 Å². The minimum Gasteiger partial charge on any atom is -0.396 e. The topological polar surface area (TPSA) is 64.2 Å². The first kappa shape index (κ1) is 12.9. The summed E-state index contributed by atoms with van der Waals surface area (Å²) in [4.78, 5) is 14.3. The Kier molecular flexibility index (Phi) is 3.59. The lowest BCUT2D eigenvalue weighted by Crippen LogP contribution is -2.43. The zero-order valence-corrected chi connectivity index (χ0v) is 11.4. The second kappa shape index (κ2) is 5.00. The van der Waals surface area contributed by atoms with Crippen molar-refractivity contribution in [1.29, 1.82) is 0 Å². The normalized spacial score (nSPS) is 24.3. The van der Waals surface area contributed by atoms with E-state index in [-0.39, 0.29) is 5.91 Å². The van der Waals surface area contributed by atoms with Gasteiger partial charge in [0.05, 0.1) is 5.69 Å². The lowest BCUT2D eigenvalue weighted by atomic mass is 9.92. The van der Waals surface area contributed by atoms with E-state index in [4.69, 9.17) is 5.73 Å². The first-order valence-corrected chi connectivity index (χ1v) is 6.63. The van der Waals surface area contributed by atoms with Crippen LogP contribution >= 0.6 is 0 Å². The van der Waals surface area contributed by atoms with Crippen LogP contribution in [-0.4, -0.2) is 33.7 Å². The van der Waals surface area contributed by atoms with Gasteiger partial charge in [-0.05, 0) is 25.2 Å². The second-order valence-corrected chi connectivity index (χ2v) is 5.44. The van der Waals surface area contributed by atoms with E-state index in [1.807, 2.05) is 11.8 Å². The Morgan fingerprint density at radius 1 is 1.44 bits per heavy atom. The Morgan fingerprint density at radius 3 is 2.56 bits per heavy atom. The van der Waals surface area contributed by atoms with Gasteiger partial charge in [0.15, 0.2) is 5.69 Å². The van der Waals surface area contributed by atoms with Crippen molar-refractivity contribution in [3.05, 3.63) is 11.9 Å². The fraction of sp³-hybridized carbons (Fsp3) is 0.692. The van der Waals surface area contributed by atoms with E-state index in [1.165, 1.54) is 6.42 Å². The van der Waals surface area contributed by atoms with Gasteiger partial charge in [0.1, 0.15) is 0 Å². The zero-order valence-electron chi connectivity index (χ0n) is 11.4. The monoisotopic (exact) mass is 250 g/mol. The van der Waals surface area contributed by atoms with Crippen LogP contribution in [0.5, 0.6) is 0 Å². The third-order valence-electron chi connectivity index (χ3n) is 3.47. The molecule has 0 spiro atoms. The number of amides is 1. The molecule has 2 atom stereocenters. The Morgan fingerprint density at radius 2 is 2.06 bits per heavy atom. The number of aromatic nitrogens is 2. The summed E-state index contributed by atoms with van der Waals surface area (Å²) < 4.78 is 1.71. The number of carbonyl (C=O) groups is 1. The number of nitrogen functional groups attached to an aromatic ring is 1. The molecule has 1 aliphatic rings. The van der Waals surface area contributed by atoms with Gasteiger partial charge in [0, 0.05) is 25.8 Å². The van der Waals surface area contributed by atoms with Gasteiger partial charge in [-0.15, -0.1) is 0 Å². The summed E-state index contributed by atoms with van der Waals surface area (Å²) >= 11 is 0. The number of hydrogen-bond acceptors (Lipinski definition) is 3. The average molecular weight is 250 g/mol. The predicted octanol–water partition coefficient (Wildman–Crippen LogP) is 1.60. The molecule has 0 bridgehead atoms. The van der Waals surface area contributed by atoms with E-state index in [0.29, 0.717) is 23.2 Å². The van der Waals surface area contributed by atoms with Crippen molar-refractivity contribution in [2.24, 2.45) is 11.8 Å². The molecule has 2 heterocycles. The van der Waals surface area contributed by atoms with Gasteiger partial charge >= 0.3 is 0 Å². The molecule has 1 amide bonds. The summed E-state index contributed by atoms with van der Waals surface area (Å²) in [5, 5.41) is 4.25. The Hall–Kier alpha value is -1.52. The quantitative estimate of drug-likeness (QED) is 0.867. The molecule has 1 aromatic rings. The predicted molar refractivity (Wildman–Crippen MR) is 71.2 cm³/mol. The van der Waals surface area contributed by atoms with Crippen LogP contribution in [0.25, 0.3) is 0 Å². The first-order chi connectivity index (χ1) is 8.51. The fourth-order valence-corrected chi connectivity index (χ4v) is 2.74. The van der Waals surface area contributed by atoms with E-state index in [9.17, 15) is 4.79 Å². The van der Waals surface area contributed by atoms with Crippen LogP contribution in [0.1, 0.15) is 37.7 Å². The molecule has 2 N–H and O–H groups in total. The van der Waals surface area contributed by atoms with E-state index in [1.54, 1.807) is 10.9 Å². The molecular formula is C13H22N4O. The van der Waals surface area contributed by atoms with Gasteiger partial charge in [0.25, 0.3) is 5.91 Å². The highest BCUT2D eigenvalue weighted by molar-refractivity contribution is 5.97. The molecule has 0 aromatic carbocycles. The summed E-state index contributed by atoms with van der Waals surface area (Å²) in [6.45, 7) is 8.69. The average Bonchev–Trinajstić information content (AvgIpc) is 2.68. The van der Waals surface area contributed by atoms with Crippen LogP contribution in [0.3, 0.4) is 0 Å². The number of nitrogens with zero attached hydrogens (tertiary/aromatic N) is 3. The van der Waals surface area contributed by atoms with Crippen molar-refractivity contribution in [3.63, 3.8) is 0 Å². The molecule has 5 nitrogen and oxygen atoms in total. The van der Waals surface area contributed by atoms with Crippen molar-refractivity contribution in [2.45, 2.75) is 33.7 Å². The number of aryl methyl sites for hydroxylation is 1. The highest BCUT2D eigenvalue weighted by atomic mass is 16.2. The zero-order chi connectivity index (χ0) is 13.3. The van der Waals surface area contributed by atoms with E-state index in [2.05, 4.69) is 18.9 Å². The maximum Gasteiger partial charge on any atom is 0.276 e. The maximum atomic E-state index is 12.4. The molecule has 1 aliphatic heterocycles. The van der Waals surface area contributed by atoms with E-state index < -0.39 is 0 Å². The largest absolute Gasteiger partial charge is 0.396 e. The van der Waals surface area contributed by atoms with Crippen molar-refractivity contribution >= 4 is 11.6 Å². The van der Waals surface area contributed by atoms with E-state index >= 15 is 0 Å². The molecule has 100 valence electrons. The minimum absolute atomic E-state index is 0.0295. The summed E-state index contributed by atoms with van der Waals surface area (Å²) in [6.07, 6.45) is 2.91. The Balaban J connectivity index is 2.17. The molecule has 2 rings (SSSR count). The SMILES string of the molecule is CCn1cc(N)c(C(=O)N2CC(C)CC(C)C2)n1. The van der Waals surface area contributed by atoms with Crippen LogP contribution in [0.15, 0.2) is 6.20 Å². The van der Waals surface area contributed by atoms with Gasteiger partial charge in [-0.25, -0.2) is 0 Å². The van der Waals surface area contributed by atoms with Gasteiger partial charge in [-0.3, -0.25) is 9.48 Å². The van der Waals surface area contributed by atoms with Gasteiger partial charge in [-0.1, -0.05) is 13.8 Å². The summed E-state index contributed by atoms with van der Waals surface area (Å²) in [6, 6.07) is 0. The maximum absolute atomic E-state index is 12.4. The number of rotatable bonds is 2. The molecule has 0 radical (unpaired) electrons. The highest BCUT2D eigenvalue weighted by Crippen LogP contribution is 2.23. The van der Waals surface area contributed by atoms with Crippen LogP contribution < -0.4 is 5.73 Å². The lowest BCUT2D eigenvalue weighted by molar-refractivity contribution is 0.0617. The molecule has 1 fully saturated rings. The minimum atomic E-state index is -0.0295. The molecular weight excluding hydrogens is 228 g/mol. The number of carbonyl (C=O) groups excluding carboxylic acids is 1. The van der Waals surface area contributed by atoms with Crippen LogP contribution in [-0.2, 0) is 6.54 Å². The highest BCUT2D eigenvalue weighted by Gasteiger charge is 2.28. The number of piperidine rings is 1. The summed E-state index contributed by atoms with van der Waals surface area (Å²) in [5.74, 6) is 1.07. The fourth-order valence-electron chi connectivity index (χ4n) is 2.74. The van der Waals surface area contributed by atoms with Crippen molar-refractivity contribution in [3.8, 4) is 0 Å². The Bertz CT molecular complexity index is 430. The van der Waals surface area contributed by atoms with Gasteiger partial charge in [-0.2, -0.15) is 5.10 Å². The summed E-state index contributed by atoms with van der Waals surface area (Å²) in [5.41, 5.74) is 6.74. The number of anilines is 1. The third kappa shape index (κ3) is 2.49. The standard InChI is InChI=1S/C13H22N4O/c1-4-17-8-11(14)12(15-17)13(18)16-6-9(2)5-10(3)7-16/h8-10H,4-7,14H2,1-3H3. The molecule has 1 aromatic heterocycles. The van der Waals surface area contributed by atoms with Crippen molar-refractivity contribution < 1.29 is 4.79 Å². The third-order valence-corrected chi connectivity index (χ3v) is 3.47. The number of likely N-dealkylation sites (tertiary alicyclic amines) is 1. The van der Waals surface area contributed by atoms with Gasteiger partial charge in [0.2, 0.25) is 0 Å². The van der Waals surface area contributed by atoms with Crippen LogP contribution in [0.4, 0.5) is 5.69 Å². The molecule has 5 heteroatoms. The smallest absolute Gasteiger partial charge is 0.276 e.